The zero-order valence-electron chi connectivity index (χ0n) is 12.9. The zero-order valence-corrected chi connectivity index (χ0v) is 14.6. The molecule has 1 heterocycles. The number of rotatable bonds is 8. The molecule has 0 saturated carbocycles. The van der Waals surface area contributed by atoms with Crippen LogP contribution >= 0.6 is 23.5 Å². The van der Waals surface area contributed by atoms with Crippen molar-refractivity contribution in [2.45, 2.75) is 39.5 Å². The second kappa shape index (κ2) is 9.68. The van der Waals surface area contributed by atoms with E-state index in [0.717, 1.165) is 49.2 Å². The fourth-order valence-corrected chi connectivity index (χ4v) is 3.33. The number of hydrogen-bond donors (Lipinski definition) is 2. The molecule has 1 aromatic rings. The highest BCUT2D eigenvalue weighted by Crippen LogP contribution is 2.22. The van der Waals surface area contributed by atoms with Gasteiger partial charge in [0.25, 0.3) is 0 Å². The first kappa shape index (κ1) is 18.8. The van der Waals surface area contributed by atoms with Gasteiger partial charge in [-0.15, -0.1) is 0 Å². The lowest BCUT2D eigenvalue weighted by Gasteiger charge is -2.08. The Bertz CT molecular complexity index is 490. The summed E-state index contributed by atoms with van der Waals surface area (Å²) >= 11 is 2.28. The summed E-state index contributed by atoms with van der Waals surface area (Å²) in [4.78, 5) is 32.0. The van der Waals surface area contributed by atoms with Gasteiger partial charge < -0.3 is 11.5 Å². The van der Waals surface area contributed by atoms with Crippen molar-refractivity contribution in [2.24, 2.45) is 0 Å². The summed E-state index contributed by atoms with van der Waals surface area (Å²) in [6.07, 6.45) is 3.88. The van der Waals surface area contributed by atoms with Gasteiger partial charge >= 0.3 is 0 Å². The van der Waals surface area contributed by atoms with Gasteiger partial charge in [-0.2, -0.15) is 0 Å². The minimum Gasteiger partial charge on any atom is -0.382 e. The number of unbranched alkanes of at least 4 members (excludes halogenated alkanes) is 2. The van der Waals surface area contributed by atoms with Gasteiger partial charge in [0.05, 0.1) is 0 Å². The molecule has 4 N–H and O–H groups in total. The number of aromatic nitrogens is 2. The van der Waals surface area contributed by atoms with Crippen LogP contribution in [0, 0.1) is 0 Å². The topological polar surface area (TPSA) is 112 Å². The fraction of sp³-hybridized carbons (Fsp3) is 0.571. The van der Waals surface area contributed by atoms with Crippen LogP contribution in [0.25, 0.3) is 0 Å². The Labute approximate surface area is 139 Å². The van der Waals surface area contributed by atoms with E-state index in [1.807, 2.05) is 13.8 Å². The molecule has 0 aliphatic rings. The number of carbonyl (C=O) groups excluding carboxylic acids is 2. The van der Waals surface area contributed by atoms with Crippen LogP contribution in [-0.4, -0.2) is 31.7 Å². The Balaban J connectivity index is 2.82. The molecular weight excluding hydrogens is 320 g/mol. The van der Waals surface area contributed by atoms with E-state index in [1.54, 1.807) is 0 Å². The lowest BCUT2D eigenvalue weighted by molar-refractivity contribution is 0.107. The second-order valence-corrected chi connectivity index (χ2v) is 6.81. The van der Waals surface area contributed by atoms with Crippen LogP contribution in [0.4, 0.5) is 11.6 Å². The highest BCUT2D eigenvalue weighted by atomic mass is 32.2. The smallest absolute Gasteiger partial charge is 0.241 e. The first-order chi connectivity index (χ1) is 10.5. The number of carbonyl (C=O) groups is 2. The molecule has 0 fully saturated rings. The molecule has 0 unspecified atom stereocenters. The van der Waals surface area contributed by atoms with E-state index >= 15 is 0 Å². The van der Waals surface area contributed by atoms with Crippen LogP contribution in [0.3, 0.4) is 0 Å². The summed E-state index contributed by atoms with van der Waals surface area (Å²) in [5.74, 6) is 1.32. The van der Waals surface area contributed by atoms with Crippen molar-refractivity contribution in [1.82, 2.24) is 9.97 Å². The van der Waals surface area contributed by atoms with Crippen molar-refractivity contribution in [2.75, 3.05) is 23.0 Å². The predicted molar refractivity (Wildman–Crippen MR) is 94.2 cm³/mol. The minimum absolute atomic E-state index is 0.0358. The summed E-state index contributed by atoms with van der Waals surface area (Å²) < 4.78 is 0. The second-order valence-electron chi connectivity index (χ2n) is 4.67. The number of nitrogens with two attached hydrogens (primary N) is 2. The number of thioether (sulfide) groups is 2. The Morgan fingerprint density at radius 3 is 1.55 bits per heavy atom. The molecule has 22 heavy (non-hydrogen) atoms. The van der Waals surface area contributed by atoms with Crippen molar-refractivity contribution in [3.8, 4) is 0 Å². The molecule has 0 bridgehead atoms. The molecule has 1 aromatic heterocycles. The van der Waals surface area contributed by atoms with Gasteiger partial charge in [0.15, 0.2) is 23.0 Å². The molecular formula is C14H22N4O2S2. The lowest BCUT2D eigenvalue weighted by Crippen LogP contribution is -2.14. The molecule has 0 atom stereocenters. The molecule has 0 saturated heterocycles. The van der Waals surface area contributed by atoms with E-state index in [-0.39, 0.29) is 33.3 Å². The molecule has 1 rings (SSSR count). The monoisotopic (exact) mass is 342 g/mol. The third-order valence-electron chi connectivity index (χ3n) is 2.80. The lowest BCUT2D eigenvalue weighted by atomic mass is 10.3. The van der Waals surface area contributed by atoms with Crippen LogP contribution in [0.15, 0.2) is 0 Å². The highest BCUT2D eigenvalue weighted by Gasteiger charge is 2.20. The molecule has 0 amide bonds. The standard InChI is InChI=1S/C14H22N4O2S2/c1-3-5-7-21-13(19)9-11(15)18-10(12(16)17-9)14(20)22-8-6-4-2/h3-8H2,1-2H3,(H2,16,17)(H2,15,18). The molecule has 0 spiro atoms. The van der Waals surface area contributed by atoms with Gasteiger partial charge in [0, 0.05) is 11.5 Å². The molecule has 0 aromatic carbocycles. The maximum atomic E-state index is 12.0. The van der Waals surface area contributed by atoms with Crippen molar-refractivity contribution in [3.63, 3.8) is 0 Å². The van der Waals surface area contributed by atoms with Gasteiger partial charge in [-0.3, -0.25) is 9.59 Å². The predicted octanol–water partition coefficient (Wildman–Crippen LogP) is 2.99. The fourth-order valence-electron chi connectivity index (χ4n) is 1.52. The normalized spacial score (nSPS) is 10.6. The van der Waals surface area contributed by atoms with Gasteiger partial charge in [-0.05, 0) is 12.8 Å². The van der Waals surface area contributed by atoms with Crippen molar-refractivity contribution >= 4 is 45.4 Å². The van der Waals surface area contributed by atoms with E-state index in [2.05, 4.69) is 9.97 Å². The SMILES string of the molecule is CCCCSC(=O)c1nc(N)c(C(=O)SCCCC)nc1N. The van der Waals surface area contributed by atoms with Crippen molar-refractivity contribution in [3.05, 3.63) is 11.4 Å². The molecule has 0 aliphatic carbocycles. The molecule has 122 valence electrons. The number of hydrogen-bond acceptors (Lipinski definition) is 8. The molecule has 0 radical (unpaired) electrons. The van der Waals surface area contributed by atoms with Crippen LogP contribution in [-0.2, 0) is 0 Å². The van der Waals surface area contributed by atoms with E-state index in [9.17, 15) is 9.59 Å². The van der Waals surface area contributed by atoms with Crippen LogP contribution in [0.5, 0.6) is 0 Å². The molecule has 0 aliphatic heterocycles. The van der Waals surface area contributed by atoms with E-state index in [4.69, 9.17) is 11.5 Å². The third-order valence-corrected chi connectivity index (χ3v) is 4.70. The summed E-state index contributed by atoms with van der Waals surface area (Å²) in [5, 5.41) is -0.523. The average molecular weight is 342 g/mol. The largest absolute Gasteiger partial charge is 0.382 e. The summed E-state index contributed by atoms with van der Waals surface area (Å²) in [6, 6.07) is 0. The van der Waals surface area contributed by atoms with Crippen molar-refractivity contribution in [1.29, 1.82) is 0 Å². The molecule has 6 nitrogen and oxygen atoms in total. The third kappa shape index (κ3) is 5.49. The van der Waals surface area contributed by atoms with E-state index in [1.165, 1.54) is 0 Å². The summed E-state index contributed by atoms with van der Waals surface area (Å²) in [6.45, 7) is 4.10. The van der Waals surface area contributed by atoms with Gasteiger partial charge in [-0.1, -0.05) is 50.2 Å². The minimum atomic E-state index is -0.261. The maximum Gasteiger partial charge on any atom is 0.241 e. The Morgan fingerprint density at radius 2 is 1.23 bits per heavy atom. The Morgan fingerprint density at radius 1 is 0.864 bits per heavy atom. The van der Waals surface area contributed by atoms with Crippen LogP contribution in [0.1, 0.15) is 60.5 Å². The van der Waals surface area contributed by atoms with Crippen molar-refractivity contribution < 1.29 is 9.59 Å². The van der Waals surface area contributed by atoms with E-state index < -0.39 is 0 Å². The average Bonchev–Trinajstić information content (AvgIpc) is 2.49. The quantitative estimate of drug-likeness (QED) is 0.693. The highest BCUT2D eigenvalue weighted by molar-refractivity contribution is 8.14. The Kier molecular flexibility index (Phi) is 8.26. The number of nitrogens with zero attached hydrogens (tertiary/aromatic N) is 2. The summed E-state index contributed by atoms with van der Waals surface area (Å²) in [7, 11) is 0. The summed E-state index contributed by atoms with van der Waals surface area (Å²) in [5.41, 5.74) is 11.6. The first-order valence-corrected chi connectivity index (χ1v) is 9.25. The van der Waals surface area contributed by atoms with Crippen LogP contribution in [0.2, 0.25) is 0 Å². The maximum absolute atomic E-state index is 12.0. The van der Waals surface area contributed by atoms with Crippen LogP contribution < -0.4 is 11.5 Å². The molecule has 8 heteroatoms. The first-order valence-electron chi connectivity index (χ1n) is 7.28. The van der Waals surface area contributed by atoms with Gasteiger partial charge in [0.2, 0.25) is 10.2 Å². The Hall–Kier alpha value is -1.28. The number of nitrogen functional groups attached to an aromatic ring is 2. The number of anilines is 2. The zero-order chi connectivity index (χ0) is 16.5. The van der Waals surface area contributed by atoms with Gasteiger partial charge in [-0.25, -0.2) is 9.97 Å². The van der Waals surface area contributed by atoms with E-state index in [0.29, 0.717) is 11.5 Å². The van der Waals surface area contributed by atoms with Gasteiger partial charge in [0.1, 0.15) is 0 Å².